The van der Waals surface area contributed by atoms with Crippen LogP contribution in [0.4, 0.5) is 5.82 Å². The molecule has 3 rings (SSSR count). The number of likely N-dealkylation sites (N-methyl/N-ethyl adjacent to an activating group) is 1. The minimum atomic E-state index is -0.407. The van der Waals surface area contributed by atoms with Gasteiger partial charge in [0.2, 0.25) is 5.65 Å². The van der Waals surface area contributed by atoms with Gasteiger partial charge in [-0.15, -0.1) is 5.10 Å². The summed E-state index contributed by atoms with van der Waals surface area (Å²) in [5, 5.41) is 9.48. The summed E-state index contributed by atoms with van der Waals surface area (Å²) < 4.78 is 1.30. The van der Waals surface area contributed by atoms with E-state index in [-0.39, 0.29) is 17.6 Å². The lowest BCUT2D eigenvalue weighted by Crippen LogP contribution is -2.30. The predicted octanol–water partition coefficient (Wildman–Crippen LogP) is 1.55. The van der Waals surface area contributed by atoms with Crippen LogP contribution in [0.2, 0.25) is 0 Å². The van der Waals surface area contributed by atoms with E-state index >= 15 is 0 Å². The van der Waals surface area contributed by atoms with E-state index in [1.807, 2.05) is 44.2 Å². The van der Waals surface area contributed by atoms with E-state index in [4.69, 9.17) is 0 Å². The van der Waals surface area contributed by atoms with E-state index in [2.05, 4.69) is 20.5 Å². The quantitative estimate of drug-likeness (QED) is 0.700. The van der Waals surface area contributed by atoms with Gasteiger partial charge in [0.25, 0.3) is 5.91 Å². The maximum atomic E-state index is 12.8. The number of nitrogens with zero attached hydrogens (tertiary/aromatic N) is 4. The molecule has 2 aromatic heterocycles. The van der Waals surface area contributed by atoms with Crippen LogP contribution in [0.15, 0.2) is 41.3 Å². The zero-order valence-electron chi connectivity index (χ0n) is 15.1. The van der Waals surface area contributed by atoms with Gasteiger partial charge in [-0.2, -0.15) is 0 Å². The van der Waals surface area contributed by atoms with Crippen molar-refractivity contribution in [2.24, 2.45) is 0 Å². The molecule has 0 saturated heterocycles. The summed E-state index contributed by atoms with van der Waals surface area (Å²) in [6, 6.07) is 10.0. The van der Waals surface area contributed by atoms with Crippen molar-refractivity contribution in [2.45, 2.75) is 26.3 Å². The van der Waals surface area contributed by atoms with E-state index in [1.54, 1.807) is 11.9 Å². The maximum absolute atomic E-state index is 12.8. The van der Waals surface area contributed by atoms with E-state index in [0.717, 1.165) is 12.0 Å². The third-order valence-corrected chi connectivity index (χ3v) is 3.97. The monoisotopic (exact) mass is 354 g/mol. The van der Waals surface area contributed by atoms with Crippen molar-refractivity contribution < 1.29 is 4.79 Å². The van der Waals surface area contributed by atoms with E-state index in [9.17, 15) is 9.59 Å². The minimum absolute atomic E-state index is 0.0827. The molecule has 0 atom stereocenters. The molecule has 136 valence electrons. The Bertz CT molecular complexity index is 961. The molecule has 8 heteroatoms. The Morgan fingerprint density at radius 3 is 2.73 bits per heavy atom. The van der Waals surface area contributed by atoms with Crippen LogP contribution in [-0.4, -0.2) is 50.0 Å². The van der Waals surface area contributed by atoms with E-state index < -0.39 is 5.69 Å². The fraction of sp³-hybridized carbons (Fsp3) is 0.333. The molecule has 1 aromatic carbocycles. The zero-order chi connectivity index (χ0) is 18.7. The summed E-state index contributed by atoms with van der Waals surface area (Å²) in [7, 11) is 1.73. The Morgan fingerprint density at radius 2 is 2.04 bits per heavy atom. The molecule has 0 saturated carbocycles. The average molecular weight is 354 g/mol. The number of benzene rings is 1. The molecule has 2 heterocycles. The van der Waals surface area contributed by atoms with Crippen LogP contribution in [0.3, 0.4) is 0 Å². The van der Waals surface area contributed by atoms with Crippen molar-refractivity contribution in [1.29, 1.82) is 0 Å². The Kier molecular flexibility index (Phi) is 5.01. The zero-order valence-corrected chi connectivity index (χ0v) is 15.1. The second-order valence-electron chi connectivity index (χ2n) is 6.46. The van der Waals surface area contributed by atoms with Crippen molar-refractivity contribution in [1.82, 2.24) is 24.5 Å². The van der Waals surface area contributed by atoms with Gasteiger partial charge < -0.3 is 10.2 Å². The summed E-state index contributed by atoms with van der Waals surface area (Å²) in [5.74, 6) is 0.156. The number of aromatic amines is 1. The van der Waals surface area contributed by atoms with Gasteiger partial charge >= 0.3 is 5.69 Å². The summed E-state index contributed by atoms with van der Waals surface area (Å²) in [5.41, 5.74) is 1.31. The molecular formula is C18H22N6O2. The van der Waals surface area contributed by atoms with E-state index in [0.29, 0.717) is 18.0 Å². The molecule has 0 radical (unpaired) electrons. The van der Waals surface area contributed by atoms with Gasteiger partial charge in [0.1, 0.15) is 5.69 Å². The second-order valence-corrected chi connectivity index (χ2v) is 6.46. The molecule has 0 aliphatic heterocycles. The first-order chi connectivity index (χ1) is 12.5. The lowest BCUT2D eigenvalue weighted by atomic mass is 10.1. The number of H-pyrrole nitrogens is 1. The highest BCUT2D eigenvalue weighted by Crippen LogP contribution is 2.14. The van der Waals surface area contributed by atoms with Crippen LogP contribution in [0.25, 0.3) is 5.65 Å². The third-order valence-electron chi connectivity index (χ3n) is 3.97. The van der Waals surface area contributed by atoms with Gasteiger partial charge in [-0.1, -0.05) is 30.3 Å². The normalized spacial score (nSPS) is 11.1. The maximum Gasteiger partial charge on any atom is 0.347 e. The highest BCUT2D eigenvalue weighted by atomic mass is 16.2. The van der Waals surface area contributed by atoms with Crippen molar-refractivity contribution in [3.8, 4) is 0 Å². The lowest BCUT2D eigenvalue weighted by molar-refractivity contribution is 0.0790. The minimum Gasteiger partial charge on any atom is -0.365 e. The number of anilines is 1. The van der Waals surface area contributed by atoms with Crippen molar-refractivity contribution in [3.63, 3.8) is 0 Å². The first-order valence-corrected chi connectivity index (χ1v) is 8.49. The highest BCUT2D eigenvalue weighted by molar-refractivity contribution is 5.92. The van der Waals surface area contributed by atoms with Gasteiger partial charge in [-0.3, -0.25) is 4.79 Å². The topological polar surface area (TPSA) is 95.4 Å². The lowest BCUT2D eigenvalue weighted by Gasteiger charge is -2.18. The molecule has 0 aliphatic carbocycles. The van der Waals surface area contributed by atoms with E-state index in [1.165, 1.54) is 10.6 Å². The number of hydrogen-bond donors (Lipinski definition) is 2. The Morgan fingerprint density at radius 1 is 1.31 bits per heavy atom. The SMILES string of the molecule is CC(C)Nc1nc(C(=O)N(C)CCc2ccccc2)cn2c(=O)[nH]nc12. The number of hydrogen-bond acceptors (Lipinski definition) is 5. The smallest absolute Gasteiger partial charge is 0.347 e. The molecule has 0 unspecified atom stereocenters. The van der Waals surface area contributed by atoms with Crippen LogP contribution in [-0.2, 0) is 6.42 Å². The molecule has 0 aliphatic rings. The molecule has 2 N–H and O–H groups in total. The van der Waals surface area contributed by atoms with Gasteiger partial charge in [-0.25, -0.2) is 19.3 Å². The molecule has 3 aromatic rings. The van der Waals surface area contributed by atoms with Crippen LogP contribution in [0, 0.1) is 0 Å². The van der Waals surface area contributed by atoms with Crippen molar-refractivity contribution >= 4 is 17.4 Å². The largest absolute Gasteiger partial charge is 0.365 e. The summed E-state index contributed by atoms with van der Waals surface area (Å²) in [6.45, 7) is 4.45. The third kappa shape index (κ3) is 3.74. The Hall–Kier alpha value is -3.16. The Balaban J connectivity index is 1.85. The first-order valence-electron chi connectivity index (χ1n) is 8.49. The van der Waals surface area contributed by atoms with Gasteiger partial charge in [-0.05, 0) is 25.8 Å². The van der Waals surface area contributed by atoms with Gasteiger partial charge in [0.05, 0.1) is 0 Å². The van der Waals surface area contributed by atoms with Crippen molar-refractivity contribution in [2.75, 3.05) is 18.9 Å². The molecule has 0 spiro atoms. The van der Waals surface area contributed by atoms with Crippen LogP contribution >= 0.6 is 0 Å². The number of rotatable bonds is 6. The predicted molar refractivity (Wildman–Crippen MR) is 99.5 cm³/mol. The Labute approximate surface area is 150 Å². The molecule has 0 fully saturated rings. The van der Waals surface area contributed by atoms with Crippen molar-refractivity contribution in [3.05, 3.63) is 58.3 Å². The number of carbonyl (C=O) groups is 1. The molecule has 8 nitrogen and oxygen atoms in total. The second kappa shape index (κ2) is 7.38. The number of nitrogens with one attached hydrogen (secondary N) is 2. The number of carbonyl (C=O) groups excluding carboxylic acids is 1. The standard InChI is InChI=1S/C18H22N6O2/c1-12(2)19-15-16-21-22-18(26)24(16)11-14(20-15)17(25)23(3)10-9-13-7-5-4-6-8-13/h4-8,11-12H,9-10H2,1-3H3,(H,19,20)(H,22,26). The molecule has 26 heavy (non-hydrogen) atoms. The summed E-state index contributed by atoms with van der Waals surface area (Å²) in [4.78, 5) is 30.7. The number of amides is 1. The fourth-order valence-corrected chi connectivity index (χ4v) is 2.62. The highest BCUT2D eigenvalue weighted by Gasteiger charge is 2.18. The molecular weight excluding hydrogens is 332 g/mol. The summed E-state index contributed by atoms with van der Waals surface area (Å²) >= 11 is 0. The van der Waals surface area contributed by atoms with Gasteiger partial charge in [0.15, 0.2) is 5.82 Å². The fourth-order valence-electron chi connectivity index (χ4n) is 2.62. The number of aromatic nitrogens is 4. The summed E-state index contributed by atoms with van der Waals surface area (Å²) in [6.07, 6.45) is 2.17. The first kappa shape index (κ1) is 17.7. The van der Waals surface area contributed by atoms with Crippen LogP contribution in [0.1, 0.15) is 29.9 Å². The van der Waals surface area contributed by atoms with Crippen LogP contribution in [0.5, 0.6) is 0 Å². The number of fused-ring (bicyclic) bond motifs is 1. The molecule has 1 amide bonds. The van der Waals surface area contributed by atoms with Crippen LogP contribution < -0.4 is 11.0 Å². The van der Waals surface area contributed by atoms with Gasteiger partial charge in [0, 0.05) is 25.8 Å². The molecule has 0 bridgehead atoms. The average Bonchev–Trinajstić information content (AvgIpc) is 3.01.